The molecule has 3 heterocycles. The van der Waals surface area contributed by atoms with E-state index >= 15 is 0 Å². The van der Waals surface area contributed by atoms with Gasteiger partial charge < -0.3 is 14.5 Å². The zero-order chi connectivity index (χ0) is 25.9. The highest BCUT2D eigenvalue weighted by Crippen LogP contribution is 2.37. The molecule has 8 heteroatoms. The summed E-state index contributed by atoms with van der Waals surface area (Å²) in [5.41, 5.74) is 1.89. The van der Waals surface area contributed by atoms with Gasteiger partial charge in [0.15, 0.2) is 0 Å². The zero-order valence-electron chi connectivity index (χ0n) is 22.0. The number of likely N-dealkylation sites (tertiary alicyclic amines) is 1. The molecule has 0 radical (unpaired) electrons. The van der Waals surface area contributed by atoms with Gasteiger partial charge in [-0.2, -0.15) is 0 Å². The van der Waals surface area contributed by atoms with E-state index in [0.29, 0.717) is 56.8 Å². The number of carbonyl (C=O) groups is 4. The number of nitrogens with zero attached hydrogens (tertiary/aromatic N) is 3. The number of piperidine rings is 2. The van der Waals surface area contributed by atoms with Crippen LogP contribution in [-0.2, 0) is 14.3 Å². The minimum Gasteiger partial charge on any atom is -0.466 e. The second kappa shape index (κ2) is 11.2. The summed E-state index contributed by atoms with van der Waals surface area (Å²) in [6.45, 7) is 4.76. The Morgan fingerprint density at radius 3 is 2.14 bits per heavy atom. The van der Waals surface area contributed by atoms with Gasteiger partial charge in [0, 0.05) is 38.1 Å². The summed E-state index contributed by atoms with van der Waals surface area (Å²) in [7, 11) is 0. The van der Waals surface area contributed by atoms with Crippen molar-refractivity contribution in [3.05, 3.63) is 29.3 Å². The van der Waals surface area contributed by atoms with Crippen molar-refractivity contribution in [1.29, 1.82) is 0 Å². The van der Waals surface area contributed by atoms with E-state index in [4.69, 9.17) is 4.74 Å². The summed E-state index contributed by atoms with van der Waals surface area (Å²) in [5, 5.41) is 0. The zero-order valence-corrected chi connectivity index (χ0v) is 22.0. The summed E-state index contributed by atoms with van der Waals surface area (Å²) < 4.78 is 5.14. The van der Waals surface area contributed by atoms with Gasteiger partial charge in [0.2, 0.25) is 5.91 Å². The number of amides is 3. The van der Waals surface area contributed by atoms with Gasteiger partial charge in [-0.1, -0.05) is 31.7 Å². The average molecular weight is 510 g/mol. The molecule has 200 valence electrons. The second-order valence-corrected chi connectivity index (χ2v) is 10.9. The van der Waals surface area contributed by atoms with E-state index in [0.717, 1.165) is 44.2 Å². The summed E-state index contributed by atoms with van der Waals surface area (Å²) in [5.74, 6) is -0.430. The van der Waals surface area contributed by atoms with E-state index in [9.17, 15) is 19.2 Å². The molecule has 3 aliphatic heterocycles. The van der Waals surface area contributed by atoms with Crippen molar-refractivity contribution in [3.63, 3.8) is 0 Å². The molecule has 0 spiro atoms. The van der Waals surface area contributed by atoms with Crippen molar-refractivity contribution in [3.8, 4) is 0 Å². The maximum atomic E-state index is 13.6. The van der Waals surface area contributed by atoms with Crippen molar-refractivity contribution in [2.24, 2.45) is 11.8 Å². The topological polar surface area (TPSA) is 87.2 Å². The van der Waals surface area contributed by atoms with Gasteiger partial charge in [0.25, 0.3) is 11.8 Å². The number of carbonyl (C=O) groups excluding carboxylic acids is 4. The highest BCUT2D eigenvalue weighted by atomic mass is 16.5. The highest BCUT2D eigenvalue weighted by molar-refractivity contribution is 6.24. The Hall–Kier alpha value is -2.90. The number of anilines is 1. The lowest BCUT2D eigenvalue weighted by Gasteiger charge is -2.38. The first-order valence-electron chi connectivity index (χ1n) is 14.2. The standard InChI is InChI=1S/C29H39N3O5/c1-2-37-29(36)21-14-18-31(19-15-21)26(33)20-12-16-30(17-13-20)24-11-7-10-23-25(24)28(35)32(27(23)34)22-8-5-3-4-6-9-22/h7,10-11,20-22H,2-6,8-9,12-19H2,1H3. The molecule has 1 aromatic carbocycles. The molecule has 37 heavy (non-hydrogen) atoms. The van der Waals surface area contributed by atoms with Crippen LogP contribution in [0.2, 0.25) is 0 Å². The lowest BCUT2D eigenvalue weighted by atomic mass is 9.91. The first-order valence-corrected chi connectivity index (χ1v) is 14.2. The molecule has 0 atom stereocenters. The summed E-state index contributed by atoms with van der Waals surface area (Å²) in [6, 6.07) is 5.61. The number of imide groups is 1. The van der Waals surface area contributed by atoms with Crippen LogP contribution in [0.25, 0.3) is 0 Å². The Labute approximate surface area is 219 Å². The van der Waals surface area contributed by atoms with E-state index in [2.05, 4.69) is 4.90 Å². The lowest BCUT2D eigenvalue weighted by Crippen LogP contribution is -2.46. The summed E-state index contributed by atoms with van der Waals surface area (Å²) in [4.78, 5) is 57.7. The van der Waals surface area contributed by atoms with Crippen LogP contribution in [0, 0.1) is 11.8 Å². The quantitative estimate of drug-likeness (QED) is 0.339. The fraction of sp³-hybridized carbons (Fsp3) is 0.655. The summed E-state index contributed by atoms with van der Waals surface area (Å²) in [6.07, 6.45) is 9.00. The molecule has 0 aromatic heterocycles. The molecule has 5 rings (SSSR count). The van der Waals surface area contributed by atoms with Crippen LogP contribution < -0.4 is 4.90 Å². The Morgan fingerprint density at radius 2 is 1.49 bits per heavy atom. The van der Waals surface area contributed by atoms with Gasteiger partial charge in [-0.05, 0) is 57.6 Å². The molecular formula is C29H39N3O5. The van der Waals surface area contributed by atoms with E-state index in [1.165, 1.54) is 17.7 Å². The highest BCUT2D eigenvalue weighted by Gasteiger charge is 2.42. The van der Waals surface area contributed by atoms with Crippen molar-refractivity contribution in [2.45, 2.75) is 77.2 Å². The van der Waals surface area contributed by atoms with Gasteiger partial charge >= 0.3 is 5.97 Å². The molecule has 4 aliphatic rings. The van der Waals surface area contributed by atoms with Crippen molar-refractivity contribution in [2.75, 3.05) is 37.7 Å². The number of fused-ring (bicyclic) bond motifs is 1. The van der Waals surface area contributed by atoms with Crippen LogP contribution in [0.4, 0.5) is 5.69 Å². The van der Waals surface area contributed by atoms with Crippen LogP contribution >= 0.6 is 0 Å². The van der Waals surface area contributed by atoms with E-state index in [-0.39, 0.29) is 41.6 Å². The molecule has 2 saturated heterocycles. The van der Waals surface area contributed by atoms with Crippen LogP contribution in [-0.4, -0.2) is 72.3 Å². The monoisotopic (exact) mass is 509 g/mol. The molecule has 8 nitrogen and oxygen atoms in total. The van der Waals surface area contributed by atoms with Crippen molar-refractivity contribution < 1.29 is 23.9 Å². The number of hydrogen-bond donors (Lipinski definition) is 0. The lowest BCUT2D eigenvalue weighted by molar-refractivity contribution is -0.151. The first-order chi connectivity index (χ1) is 18.0. The van der Waals surface area contributed by atoms with E-state index in [1.807, 2.05) is 24.0 Å². The van der Waals surface area contributed by atoms with E-state index in [1.54, 1.807) is 6.07 Å². The summed E-state index contributed by atoms with van der Waals surface area (Å²) >= 11 is 0. The molecule has 3 fully saturated rings. The van der Waals surface area contributed by atoms with E-state index < -0.39 is 0 Å². The third-order valence-electron chi connectivity index (χ3n) is 8.73. The van der Waals surface area contributed by atoms with Gasteiger partial charge in [-0.15, -0.1) is 0 Å². The molecular weight excluding hydrogens is 470 g/mol. The molecule has 3 amide bonds. The maximum Gasteiger partial charge on any atom is 0.309 e. The van der Waals surface area contributed by atoms with Gasteiger partial charge in [-0.25, -0.2) is 0 Å². The molecule has 0 bridgehead atoms. The first kappa shape index (κ1) is 25.7. The van der Waals surface area contributed by atoms with Crippen LogP contribution in [0.1, 0.15) is 91.8 Å². The van der Waals surface area contributed by atoms with Gasteiger partial charge in [-0.3, -0.25) is 24.1 Å². The van der Waals surface area contributed by atoms with Gasteiger partial charge in [0.05, 0.1) is 29.3 Å². The SMILES string of the molecule is CCOC(=O)C1CCN(C(=O)C2CCN(c3cccc4c3C(=O)N(C3CCCCCC3)C4=O)CC2)CC1. The average Bonchev–Trinajstić information content (AvgIpc) is 3.09. The predicted molar refractivity (Wildman–Crippen MR) is 139 cm³/mol. The predicted octanol–water partition coefficient (Wildman–Crippen LogP) is 4.02. The normalized spacial score (nSPS) is 22.2. The minimum atomic E-state index is -0.149. The van der Waals surface area contributed by atoms with Crippen LogP contribution in [0.15, 0.2) is 18.2 Å². The Morgan fingerprint density at radius 1 is 0.838 bits per heavy atom. The number of benzene rings is 1. The number of rotatable bonds is 5. The van der Waals surface area contributed by atoms with Crippen LogP contribution in [0.3, 0.4) is 0 Å². The fourth-order valence-corrected chi connectivity index (χ4v) is 6.62. The third kappa shape index (κ3) is 5.12. The number of ether oxygens (including phenoxy) is 1. The molecule has 1 aromatic rings. The third-order valence-corrected chi connectivity index (χ3v) is 8.73. The molecule has 1 saturated carbocycles. The second-order valence-electron chi connectivity index (χ2n) is 10.9. The largest absolute Gasteiger partial charge is 0.466 e. The Bertz CT molecular complexity index is 1030. The van der Waals surface area contributed by atoms with Crippen molar-refractivity contribution >= 4 is 29.4 Å². The van der Waals surface area contributed by atoms with Crippen molar-refractivity contribution in [1.82, 2.24) is 9.80 Å². The van der Waals surface area contributed by atoms with Gasteiger partial charge in [0.1, 0.15) is 0 Å². The number of esters is 1. The molecule has 1 aliphatic carbocycles. The molecule has 0 unspecified atom stereocenters. The molecule has 0 N–H and O–H groups in total. The minimum absolute atomic E-state index is 0.000855. The fourth-order valence-electron chi connectivity index (χ4n) is 6.62. The maximum absolute atomic E-state index is 13.6. The number of hydrogen-bond acceptors (Lipinski definition) is 6. The smallest absolute Gasteiger partial charge is 0.309 e. The Balaban J connectivity index is 1.21. The Kier molecular flexibility index (Phi) is 7.81. The van der Waals surface area contributed by atoms with Crippen LogP contribution in [0.5, 0.6) is 0 Å².